The van der Waals surface area contributed by atoms with Gasteiger partial charge in [0, 0.05) is 33.6 Å². The molecular formula is C51H37NO. The van der Waals surface area contributed by atoms with Crippen LogP contribution in [0.2, 0.25) is 0 Å². The molecule has 0 aliphatic carbocycles. The third-order valence-electron chi connectivity index (χ3n) is 10.1. The molecule has 0 amide bonds. The quantitative estimate of drug-likeness (QED) is 0.159. The molecule has 0 atom stereocenters. The number of aryl methyl sites for hydroxylation is 1. The number of hydrogen-bond donors (Lipinski definition) is 0. The van der Waals surface area contributed by atoms with Crippen molar-refractivity contribution < 1.29 is 4.42 Å². The molecule has 0 saturated heterocycles. The Kier molecular flexibility index (Phi) is 8.47. The fourth-order valence-corrected chi connectivity index (χ4v) is 7.26. The number of hydrogen-bond acceptors (Lipinski definition) is 2. The first-order chi connectivity index (χ1) is 26.2. The highest BCUT2D eigenvalue weighted by Gasteiger charge is 2.15. The molecule has 9 aromatic rings. The third-order valence-corrected chi connectivity index (χ3v) is 10.1. The average molecular weight is 680 g/mol. The minimum Gasteiger partial charge on any atom is -0.456 e. The number of para-hydroxylation sites is 1. The van der Waals surface area contributed by atoms with Crippen LogP contribution in [0.4, 0.5) is 17.1 Å². The first kappa shape index (κ1) is 32.0. The van der Waals surface area contributed by atoms with Crippen molar-refractivity contribution >= 4 is 28.0 Å². The molecule has 2 heteroatoms. The molecule has 252 valence electrons. The van der Waals surface area contributed by atoms with Gasteiger partial charge < -0.3 is 9.32 Å². The van der Waals surface area contributed by atoms with E-state index in [1.54, 1.807) is 0 Å². The predicted octanol–water partition coefficient (Wildman–Crippen LogP) is 14.5. The summed E-state index contributed by atoms with van der Waals surface area (Å²) in [6, 6.07) is 73.3. The van der Waals surface area contributed by atoms with Gasteiger partial charge in [0.1, 0.15) is 11.3 Å². The van der Waals surface area contributed by atoms with Gasteiger partial charge in [-0.05, 0) is 100.0 Å². The Hall–Kier alpha value is -6.90. The fraction of sp³-hybridized carbons (Fsp3) is 0.0196. The summed E-state index contributed by atoms with van der Waals surface area (Å²) < 4.78 is 6.28. The summed E-state index contributed by atoms with van der Waals surface area (Å²) >= 11 is 0. The van der Waals surface area contributed by atoms with E-state index >= 15 is 0 Å². The minimum absolute atomic E-state index is 0.922. The fourth-order valence-electron chi connectivity index (χ4n) is 7.26. The number of nitrogens with zero attached hydrogens (tertiary/aromatic N) is 1. The van der Waals surface area contributed by atoms with E-state index in [0.717, 1.165) is 44.9 Å². The van der Waals surface area contributed by atoms with Gasteiger partial charge in [-0.25, -0.2) is 0 Å². The van der Waals surface area contributed by atoms with Crippen LogP contribution in [0.3, 0.4) is 0 Å². The summed E-state index contributed by atoms with van der Waals surface area (Å²) in [4.78, 5) is 2.33. The zero-order chi connectivity index (χ0) is 35.6. The van der Waals surface area contributed by atoms with Gasteiger partial charge in [0.05, 0.1) is 0 Å². The lowest BCUT2D eigenvalue weighted by Gasteiger charge is -2.26. The molecule has 53 heavy (non-hydrogen) atoms. The van der Waals surface area contributed by atoms with E-state index in [0.29, 0.717) is 0 Å². The number of furan rings is 1. The maximum Gasteiger partial charge on any atom is 0.138 e. The molecule has 0 radical (unpaired) electrons. The van der Waals surface area contributed by atoms with E-state index in [9.17, 15) is 0 Å². The smallest absolute Gasteiger partial charge is 0.138 e. The summed E-state index contributed by atoms with van der Waals surface area (Å²) in [5.74, 6) is 0.929. The average Bonchev–Trinajstić information content (AvgIpc) is 3.58. The Morgan fingerprint density at radius 1 is 0.321 bits per heavy atom. The second kappa shape index (κ2) is 14.0. The van der Waals surface area contributed by atoms with Crippen molar-refractivity contribution in [2.45, 2.75) is 6.92 Å². The van der Waals surface area contributed by atoms with E-state index in [-0.39, 0.29) is 0 Å². The molecule has 0 bridgehead atoms. The lowest BCUT2D eigenvalue weighted by Crippen LogP contribution is -2.09. The van der Waals surface area contributed by atoms with Crippen molar-refractivity contribution in [2.24, 2.45) is 0 Å². The standard InChI is InChI=1S/C51H37NO/c1-36-49-17-8-9-18-50(49)53-51(36)45-16-10-15-44(35-45)43-21-19-39(20-22-43)42-27-33-48(34-28-42)52(46-29-23-40(24-30-46)37-11-4-2-5-12-37)47-31-25-41(26-32-47)38-13-6-3-7-14-38/h2-35H,1H3. The second-order valence-electron chi connectivity index (χ2n) is 13.4. The maximum absolute atomic E-state index is 6.28. The van der Waals surface area contributed by atoms with Crippen molar-refractivity contribution in [3.8, 4) is 55.8 Å². The normalized spacial score (nSPS) is 11.1. The van der Waals surface area contributed by atoms with Crippen LogP contribution in [0, 0.1) is 6.92 Å². The van der Waals surface area contributed by atoms with Gasteiger partial charge in [-0.15, -0.1) is 0 Å². The molecular weight excluding hydrogens is 643 g/mol. The van der Waals surface area contributed by atoms with Crippen LogP contribution in [0.5, 0.6) is 0 Å². The van der Waals surface area contributed by atoms with Crippen molar-refractivity contribution in [1.29, 1.82) is 0 Å². The van der Waals surface area contributed by atoms with Crippen molar-refractivity contribution in [3.63, 3.8) is 0 Å². The monoisotopic (exact) mass is 679 g/mol. The van der Waals surface area contributed by atoms with Crippen LogP contribution < -0.4 is 4.90 Å². The predicted molar refractivity (Wildman–Crippen MR) is 223 cm³/mol. The molecule has 1 heterocycles. The molecule has 0 spiro atoms. The summed E-state index contributed by atoms with van der Waals surface area (Å²) in [7, 11) is 0. The molecule has 2 nitrogen and oxygen atoms in total. The molecule has 8 aromatic carbocycles. The highest BCUT2D eigenvalue weighted by atomic mass is 16.3. The summed E-state index contributed by atoms with van der Waals surface area (Å²) in [5, 5.41) is 1.16. The van der Waals surface area contributed by atoms with Gasteiger partial charge >= 0.3 is 0 Å². The molecule has 0 aliphatic rings. The number of benzene rings is 8. The molecule has 1 aromatic heterocycles. The highest BCUT2D eigenvalue weighted by molar-refractivity contribution is 5.88. The Bertz CT molecular complexity index is 2540. The van der Waals surface area contributed by atoms with Crippen LogP contribution in [-0.2, 0) is 0 Å². The topological polar surface area (TPSA) is 16.4 Å². The number of rotatable bonds is 8. The van der Waals surface area contributed by atoms with Crippen LogP contribution in [0.25, 0.3) is 66.8 Å². The molecule has 0 saturated carbocycles. The maximum atomic E-state index is 6.28. The second-order valence-corrected chi connectivity index (χ2v) is 13.4. The molecule has 0 N–H and O–H groups in total. The van der Waals surface area contributed by atoms with Crippen molar-refractivity contribution in [1.82, 2.24) is 0 Å². The summed E-state index contributed by atoms with van der Waals surface area (Å²) in [6.45, 7) is 2.14. The van der Waals surface area contributed by atoms with Crippen LogP contribution in [0.15, 0.2) is 211 Å². The minimum atomic E-state index is 0.922. The summed E-state index contributed by atoms with van der Waals surface area (Å²) in [5.41, 5.74) is 16.0. The number of anilines is 3. The van der Waals surface area contributed by atoms with E-state index in [1.165, 1.54) is 44.5 Å². The molecule has 0 aliphatic heterocycles. The lowest BCUT2D eigenvalue weighted by atomic mass is 9.97. The molecule has 0 fully saturated rings. The zero-order valence-corrected chi connectivity index (χ0v) is 29.5. The van der Waals surface area contributed by atoms with Crippen LogP contribution >= 0.6 is 0 Å². The third kappa shape index (κ3) is 6.44. The first-order valence-corrected chi connectivity index (χ1v) is 18.1. The zero-order valence-electron chi connectivity index (χ0n) is 29.5. The van der Waals surface area contributed by atoms with Gasteiger partial charge in [-0.1, -0.05) is 158 Å². The Labute approximate surface area is 310 Å². The summed E-state index contributed by atoms with van der Waals surface area (Å²) in [6.07, 6.45) is 0. The molecule has 0 unspecified atom stereocenters. The van der Waals surface area contributed by atoms with E-state index in [4.69, 9.17) is 4.42 Å². The Morgan fingerprint density at radius 2 is 0.679 bits per heavy atom. The van der Waals surface area contributed by atoms with Crippen molar-refractivity contribution in [3.05, 3.63) is 212 Å². The highest BCUT2D eigenvalue weighted by Crippen LogP contribution is 2.39. The van der Waals surface area contributed by atoms with Gasteiger partial charge in [0.2, 0.25) is 0 Å². The largest absolute Gasteiger partial charge is 0.456 e. The SMILES string of the molecule is Cc1c(-c2cccc(-c3ccc(-c4ccc(N(c5ccc(-c6ccccc6)cc5)c5ccc(-c6ccccc6)cc5)cc4)cc3)c2)oc2ccccc12. The number of fused-ring (bicyclic) bond motifs is 1. The van der Waals surface area contributed by atoms with Crippen molar-refractivity contribution in [2.75, 3.05) is 4.90 Å². The van der Waals surface area contributed by atoms with Crippen LogP contribution in [0.1, 0.15) is 5.56 Å². The van der Waals surface area contributed by atoms with Crippen LogP contribution in [-0.4, -0.2) is 0 Å². The van der Waals surface area contributed by atoms with Gasteiger partial charge in [0.15, 0.2) is 0 Å². The van der Waals surface area contributed by atoms with Gasteiger partial charge in [-0.2, -0.15) is 0 Å². The Morgan fingerprint density at radius 3 is 1.15 bits per heavy atom. The van der Waals surface area contributed by atoms with E-state index in [1.807, 2.05) is 12.1 Å². The Balaban J connectivity index is 1.00. The van der Waals surface area contributed by atoms with E-state index < -0.39 is 0 Å². The molecule has 9 rings (SSSR count). The first-order valence-electron chi connectivity index (χ1n) is 18.1. The van der Waals surface area contributed by atoms with E-state index in [2.05, 4.69) is 206 Å². The van der Waals surface area contributed by atoms with Gasteiger partial charge in [-0.3, -0.25) is 0 Å². The lowest BCUT2D eigenvalue weighted by molar-refractivity contribution is 0.629. The van der Waals surface area contributed by atoms with Gasteiger partial charge in [0.25, 0.3) is 0 Å².